The lowest BCUT2D eigenvalue weighted by Gasteiger charge is -2.14. The van der Waals surface area contributed by atoms with Gasteiger partial charge in [-0.1, -0.05) is 30.3 Å². The standard InChI is InChI=1S/C24H18FN3O6/c1-34-20(30)13-28-23(32)18-9-15(21(31)17-10-16(25)7-8-19(17)29)11-26-22(18)27(24(28)33)12-14-5-3-2-4-6-14/h2-11,29H,12-13H2,1H3. The number of fused-ring (bicyclic) bond motifs is 1. The van der Waals surface area contributed by atoms with E-state index in [1.54, 1.807) is 30.3 Å². The van der Waals surface area contributed by atoms with Crippen LogP contribution in [0.4, 0.5) is 4.39 Å². The number of aromatic hydroxyl groups is 1. The van der Waals surface area contributed by atoms with Gasteiger partial charge in [-0.2, -0.15) is 0 Å². The molecule has 0 saturated carbocycles. The van der Waals surface area contributed by atoms with Gasteiger partial charge >= 0.3 is 11.7 Å². The van der Waals surface area contributed by atoms with E-state index in [2.05, 4.69) is 9.72 Å². The minimum atomic E-state index is -0.847. The zero-order valence-electron chi connectivity index (χ0n) is 17.9. The number of nitrogens with zero attached hydrogens (tertiary/aromatic N) is 3. The van der Waals surface area contributed by atoms with Gasteiger partial charge in [-0.3, -0.25) is 19.0 Å². The first-order valence-electron chi connectivity index (χ1n) is 10.1. The largest absolute Gasteiger partial charge is 0.507 e. The predicted molar refractivity (Wildman–Crippen MR) is 119 cm³/mol. The molecule has 0 aliphatic carbocycles. The molecular formula is C24H18FN3O6. The van der Waals surface area contributed by atoms with Crippen molar-refractivity contribution >= 4 is 22.8 Å². The van der Waals surface area contributed by atoms with E-state index in [0.717, 1.165) is 37.1 Å². The summed E-state index contributed by atoms with van der Waals surface area (Å²) in [5.74, 6) is -2.75. The highest BCUT2D eigenvalue weighted by molar-refractivity contribution is 6.11. The average Bonchev–Trinajstić information content (AvgIpc) is 2.85. The minimum absolute atomic E-state index is 0.0000157. The monoisotopic (exact) mass is 463 g/mol. The summed E-state index contributed by atoms with van der Waals surface area (Å²) >= 11 is 0. The molecule has 0 aliphatic heterocycles. The van der Waals surface area contributed by atoms with E-state index in [-0.39, 0.29) is 28.7 Å². The zero-order valence-corrected chi connectivity index (χ0v) is 17.9. The fraction of sp³-hybridized carbons (Fsp3) is 0.125. The Balaban J connectivity index is 1.94. The van der Waals surface area contributed by atoms with Gasteiger partial charge in [-0.05, 0) is 29.8 Å². The van der Waals surface area contributed by atoms with E-state index in [1.165, 1.54) is 10.6 Å². The number of rotatable bonds is 6. The van der Waals surface area contributed by atoms with Gasteiger partial charge in [0.05, 0.1) is 24.6 Å². The zero-order chi connectivity index (χ0) is 24.4. The first kappa shape index (κ1) is 22.6. The third-order valence-electron chi connectivity index (χ3n) is 5.22. The number of pyridine rings is 1. The van der Waals surface area contributed by atoms with Gasteiger partial charge < -0.3 is 9.84 Å². The maximum absolute atomic E-state index is 13.6. The van der Waals surface area contributed by atoms with E-state index in [9.17, 15) is 28.7 Å². The van der Waals surface area contributed by atoms with Crippen LogP contribution in [0.15, 0.2) is 70.4 Å². The van der Waals surface area contributed by atoms with Gasteiger partial charge in [-0.25, -0.2) is 18.7 Å². The van der Waals surface area contributed by atoms with Crippen molar-refractivity contribution in [2.24, 2.45) is 0 Å². The summed E-state index contributed by atoms with van der Waals surface area (Å²) in [5.41, 5.74) is -1.31. The van der Waals surface area contributed by atoms with Crippen LogP contribution in [0.3, 0.4) is 0 Å². The molecule has 0 unspecified atom stereocenters. The van der Waals surface area contributed by atoms with Gasteiger partial charge in [-0.15, -0.1) is 0 Å². The van der Waals surface area contributed by atoms with Gasteiger partial charge in [0.25, 0.3) is 5.56 Å². The first-order chi connectivity index (χ1) is 16.3. The molecule has 2 heterocycles. The quantitative estimate of drug-likeness (QED) is 0.342. The van der Waals surface area contributed by atoms with Crippen molar-refractivity contribution in [3.8, 4) is 5.75 Å². The molecular weight excluding hydrogens is 445 g/mol. The van der Waals surface area contributed by atoms with Crippen LogP contribution in [0.5, 0.6) is 5.75 Å². The smallest absolute Gasteiger partial charge is 0.333 e. The maximum atomic E-state index is 13.6. The molecule has 0 fully saturated rings. The Bertz CT molecular complexity index is 1540. The van der Waals surface area contributed by atoms with Crippen LogP contribution in [0.1, 0.15) is 21.5 Å². The van der Waals surface area contributed by atoms with Crippen molar-refractivity contribution in [1.82, 2.24) is 14.1 Å². The molecule has 0 aliphatic rings. The Morgan fingerprint density at radius 2 is 1.79 bits per heavy atom. The van der Waals surface area contributed by atoms with Gasteiger partial charge in [0.1, 0.15) is 23.8 Å². The first-order valence-corrected chi connectivity index (χ1v) is 10.1. The molecule has 0 atom stereocenters. The number of phenolic OH excluding ortho intramolecular Hbond substituents is 1. The molecule has 0 saturated heterocycles. The van der Waals surface area contributed by atoms with Crippen molar-refractivity contribution in [1.29, 1.82) is 0 Å². The fourth-order valence-corrected chi connectivity index (χ4v) is 3.51. The van der Waals surface area contributed by atoms with Gasteiger partial charge in [0.15, 0.2) is 5.78 Å². The molecule has 10 heteroatoms. The summed E-state index contributed by atoms with van der Waals surface area (Å²) < 4.78 is 20.1. The number of aromatic nitrogens is 3. The van der Waals surface area contributed by atoms with E-state index < -0.39 is 41.1 Å². The van der Waals surface area contributed by atoms with Gasteiger partial charge in [0.2, 0.25) is 0 Å². The number of ether oxygens (including phenoxy) is 1. The van der Waals surface area contributed by atoms with Crippen LogP contribution in [0.2, 0.25) is 0 Å². The van der Waals surface area contributed by atoms with E-state index in [1.807, 2.05) is 0 Å². The number of benzene rings is 2. The lowest BCUT2D eigenvalue weighted by molar-refractivity contribution is -0.141. The number of carbonyl (C=O) groups is 2. The Morgan fingerprint density at radius 1 is 1.06 bits per heavy atom. The molecule has 172 valence electrons. The summed E-state index contributed by atoms with van der Waals surface area (Å²) in [6, 6.07) is 13.0. The molecule has 0 bridgehead atoms. The molecule has 9 nitrogen and oxygen atoms in total. The Hall–Kier alpha value is -4.60. The molecule has 2 aromatic heterocycles. The maximum Gasteiger partial charge on any atom is 0.333 e. The molecule has 4 aromatic rings. The van der Waals surface area contributed by atoms with Crippen molar-refractivity contribution in [3.63, 3.8) is 0 Å². The molecule has 1 N–H and O–H groups in total. The topological polar surface area (TPSA) is 120 Å². The van der Waals surface area contributed by atoms with E-state index in [4.69, 9.17) is 0 Å². The summed E-state index contributed by atoms with van der Waals surface area (Å²) in [6.07, 6.45) is 1.14. The number of carbonyl (C=O) groups excluding carboxylic acids is 2. The second-order valence-electron chi connectivity index (χ2n) is 7.41. The Kier molecular flexibility index (Phi) is 6.05. The number of methoxy groups -OCH3 is 1. The van der Waals surface area contributed by atoms with Crippen LogP contribution >= 0.6 is 0 Å². The van der Waals surface area contributed by atoms with Crippen LogP contribution < -0.4 is 11.2 Å². The SMILES string of the molecule is COC(=O)Cn1c(=O)c2cc(C(=O)c3cc(F)ccc3O)cnc2n(Cc2ccccc2)c1=O. The van der Waals surface area contributed by atoms with Gasteiger partial charge in [0, 0.05) is 11.8 Å². The summed E-state index contributed by atoms with van der Waals surface area (Å²) in [5, 5.41) is 9.87. The molecule has 4 rings (SSSR count). The molecule has 0 spiro atoms. The van der Waals surface area contributed by atoms with Crippen LogP contribution in [0.25, 0.3) is 11.0 Å². The van der Waals surface area contributed by atoms with Crippen molar-refractivity contribution in [2.75, 3.05) is 7.11 Å². The normalized spacial score (nSPS) is 10.9. The van der Waals surface area contributed by atoms with Crippen molar-refractivity contribution < 1.29 is 23.8 Å². The van der Waals surface area contributed by atoms with Crippen LogP contribution in [-0.4, -0.2) is 38.1 Å². The van der Waals surface area contributed by atoms with E-state index in [0.29, 0.717) is 4.57 Å². The number of hydrogen-bond donors (Lipinski definition) is 1. The highest BCUT2D eigenvalue weighted by Gasteiger charge is 2.21. The predicted octanol–water partition coefficient (Wildman–Crippen LogP) is 1.86. The number of halogens is 1. The molecule has 0 radical (unpaired) electrons. The summed E-state index contributed by atoms with van der Waals surface area (Å²) in [6.45, 7) is -0.593. The average molecular weight is 463 g/mol. The number of phenols is 1. The summed E-state index contributed by atoms with van der Waals surface area (Å²) in [7, 11) is 1.13. The van der Waals surface area contributed by atoms with E-state index >= 15 is 0 Å². The lowest BCUT2D eigenvalue weighted by Crippen LogP contribution is -2.42. The Morgan fingerprint density at radius 3 is 2.50 bits per heavy atom. The van der Waals surface area contributed by atoms with Crippen LogP contribution in [-0.2, 0) is 22.6 Å². The third-order valence-corrected chi connectivity index (χ3v) is 5.22. The molecule has 0 amide bonds. The van der Waals surface area contributed by atoms with Crippen molar-refractivity contribution in [2.45, 2.75) is 13.1 Å². The van der Waals surface area contributed by atoms with Crippen LogP contribution in [0, 0.1) is 5.82 Å². The number of esters is 1. The minimum Gasteiger partial charge on any atom is -0.507 e. The fourth-order valence-electron chi connectivity index (χ4n) is 3.51. The molecule has 2 aromatic carbocycles. The molecule has 34 heavy (non-hydrogen) atoms. The third kappa shape index (κ3) is 4.20. The second-order valence-corrected chi connectivity index (χ2v) is 7.41. The summed E-state index contributed by atoms with van der Waals surface area (Å²) in [4.78, 5) is 55.2. The van der Waals surface area contributed by atoms with Crippen molar-refractivity contribution in [3.05, 3.63) is 104 Å². The lowest BCUT2D eigenvalue weighted by atomic mass is 10.0. The highest BCUT2D eigenvalue weighted by Crippen LogP contribution is 2.22. The number of hydrogen-bond acceptors (Lipinski definition) is 7. The number of ketones is 1. The Labute approximate surface area is 191 Å². The second kappa shape index (κ2) is 9.10. The highest BCUT2D eigenvalue weighted by atomic mass is 19.1.